The lowest BCUT2D eigenvalue weighted by molar-refractivity contribution is -0.0894. The van der Waals surface area contributed by atoms with Crippen molar-refractivity contribution in [3.63, 3.8) is 0 Å². The fraction of sp³-hybridized carbons (Fsp3) is 0.562. The van der Waals surface area contributed by atoms with Crippen LogP contribution in [0.2, 0.25) is 0 Å². The molecule has 3 N–H and O–H groups in total. The highest BCUT2D eigenvalue weighted by Gasteiger charge is 2.46. The van der Waals surface area contributed by atoms with Gasteiger partial charge in [0.15, 0.2) is 0 Å². The van der Waals surface area contributed by atoms with Gasteiger partial charge < -0.3 is 15.6 Å². The third-order valence-corrected chi connectivity index (χ3v) is 4.54. The molecule has 0 saturated carbocycles. The summed E-state index contributed by atoms with van der Waals surface area (Å²) in [6, 6.07) is 5.45. The normalized spacial score (nSPS) is 27.7. The maximum Gasteiger partial charge on any atom is 0.131 e. The lowest BCUT2D eigenvalue weighted by Crippen LogP contribution is -2.53. The van der Waals surface area contributed by atoms with Gasteiger partial charge in [-0.05, 0) is 45.8 Å². The van der Waals surface area contributed by atoms with Crippen LogP contribution < -0.4 is 10.5 Å². The number of rotatable bonds is 1. The number of aliphatic hydroxyl groups excluding tert-OH is 1. The van der Waals surface area contributed by atoms with Crippen molar-refractivity contribution in [2.75, 3.05) is 18.8 Å². The Kier molecular flexibility index (Phi) is 3.31. The van der Waals surface area contributed by atoms with E-state index in [0.717, 1.165) is 31.5 Å². The Bertz CT molecular complexity index is 600. The maximum absolute atomic E-state index is 10.8. The van der Waals surface area contributed by atoms with E-state index in [-0.39, 0.29) is 6.04 Å². The zero-order chi connectivity index (χ0) is 15.2. The molecule has 1 aromatic carbocycles. The molecule has 112 valence electrons. The third kappa shape index (κ3) is 2.25. The number of hydrogen-bond donors (Lipinski definition) is 2. The van der Waals surface area contributed by atoms with E-state index in [1.165, 1.54) is 0 Å². The van der Waals surface area contributed by atoms with Gasteiger partial charge in [0, 0.05) is 11.6 Å². The fourth-order valence-electron chi connectivity index (χ4n) is 3.34. The number of nitriles is 1. The number of nitrogens with two attached hydrogens (primary N) is 1. The topological polar surface area (TPSA) is 82.5 Å². The molecule has 3 rings (SSSR count). The molecule has 0 unspecified atom stereocenters. The number of fused-ring (bicyclic) bond motifs is 1. The van der Waals surface area contributed by atoms with Gasteiger partial charge in [-0.1, -0.05) is 0 Å². The Morgan fingerprint density at radius 3 is 2.67 bits per heavy atom. The van der Waals surface area contributed by atoms with Crippen LogP contribution in [0.15, 0.2) is 12.1 Å². The molecule has 1 saturated heterocycles. The molecule has 21 heavy (non-hydrogen) atoms. The first-order chi connectivity index (χ1) is 9.94. The summed E-state index contributed by atoms with van der Waals surface area (Å²) in [4.78, 5) is 2.28. The molecular weight excluding hydrogens is 266 g/mol. The summed E-state index contributed by atoms with van der Waals surface area (Å²) in [7, 11) is 0. The van der Waals surface area contributed by atoms with Crippen LogP contribution in [0.5, 0.6) is 5.75 Å². The van der Waals surface area contributed by atoms with Crippen molar-refractivity contribution in [1.29, 1.82) is 5.26 Å². The van der Waals surface area contributed by atoms with E-state index in [0.29, 0.717) is 17.0 Å². The van der Waals surface area contributed by atoms with E-state index in [9.17, 15) is 10.4 Å². The lowest BCUT2D eigenvalue weighted by atomic mass is 9.85. The quantitative estimate of drug-likeness (QED) is 0.770. The molecule has 2 aliphatic rings. The number of ether oxygens (including phenoxy) is 1. The van der Waals surface area contributed by atoms with E-state index in [1.807, 2.05) is 13.8 Å². The molecule has 5 heteroatoms. The Balaban J connectivity index is 2.13. The number of benzene rings is 1. The number of nitrogen functional groups attached to an aromatic ring is 1. The second-order valence-electron chi connectivity index (χ2n) is 6.43. The Morgan fingerprint density at radius 2 is 2.05 bits per heavy atom. The molecule has 0 radical (unpaired) electrons. The van der Waals surface area contributed by atoms with Crippen LogP contribution in [0.4, 0.5) is 5.69 Å². The molecule has 1 fully saturated rings. The minimum Gasteiger partial charge on any atom is -0.485 e. The lowest BCUT2D eigenvalue weighted by Gasteiger charge is -2.45. The van der Waals surface area contributed by atoms with Crippen LogP contribution in [0, 0.1) is 11.3 Å². The largest absolute Gasteiger partial charge is 0.485 e. The summed E-state index contributed by atoms with van der Waals surface area (Å²) in [6.45, 7) is 5.70. The Morgan fingerprint density at radius 1 is 1.38 bits per heavy atom. The van der Waals surface area contributed by atoms with Crippen molar-refractivity contribution in [3.05, 3.63) is 23.3 Å². The standard InChI is InChI=1S/C16H21N3O2/c1-16(2)15(20)14(19-5-3-4-6-19)11-7-10(9-17)12(18)8-13(11)21-16/h7-8,14-15,20H,3-6,18H2,1-2H3/t14-,15+/m1/s1. The predicted molar refractivity (Wildman–Crippen MR) is 79.8 cm³/mol. The van der Waals surface area contributed by atoms with E-state index < -0.39 is 11.7 Å². The number of nitrogens with zero attached hydrogens (tertiary/aromatic N) is 2. The second-order valence-corrected chi connectivity index (χ2v) is 6.43. The summed E-state index contributed by atoms with van der Waals surface area (Å²) in [5, 5.41) is 19.9. The molecule has 2 atom stereocenters. The van der Waals surface area contributed by atoms with Crippen LogP contribution in [-0.2, 0) is 0 Å². The Labute approximate surface area is 124 Å². The van der Waals surface area contributed by atoms with Crippen molar-refractivity contribution < 1.29 is 9.84 Å². The van der Waals surface area contributed by atoms with Crippen LogP contribution >= 0.6 is 0 Å². The average molecular weight is 287 g/mol. The highest BCUT2D eigenvalue weighted by Crippen LogP contribution is 2.45. The Hall–Kier alpha value is -1.77. The molecule has 2 aliphatic heterocycles. The highest BCUT2D eigenvalue weighted by molar-refractivity contribution is 5.61. The smallest absolute Gasteiger partial charge is 0.131 e. The SMILES string of the molecule is CC1(C)Oc2cc(N)c(C#N)cc2[C@@H](N2CCCC2)[C@@H]1O. The number of aliphatic hydroxyl groups is 1. The van der Waals surface area contributed by atoms with Crippen molar-refractivity contribution in [2.24, 2.45) is 0 Å². The van der Waals surface area contributed by atoms with Gasteiger partial charge in [0.25, 0.3) is 0 Å². The molecule has 2 heterocycles. The monoisotopic (exact) mass is 287 g/mol. The third-order valence-electron chi connectivity index (χ3n) is 4.54. The predicted octanol–water partition coefficient (Wildman–Crippen LogP) is 1.81. The van der Waals surface area contributed by atoms with Crippen LogP contribution in [-0.4, -0.2) is 34.8 Å². The molecular formula is C16H21N3O2. The average Bonchev–Trinajstić information content (AvgIpc) is 2.93. The number of anilines is 1. The van der Waals surface area contributed by atoms with Gasteiger partial charge in [-0.15, -0.1) is 0 Å². The highest BCUT2D eigenvalue weighted by atomic mass is 16.5. The first-order valence-corrected chi connectivity index (χ1v) is 7.38. The summed E-state index contributed by atoms with van der Waals surface area (Å²) in [6.07, 6.45) is 1.64. The van der Waals surface area contributed by atoms with E-state index in [2.05, 4.69) is 11.0 Å². The van der Waals surface area contributed by atoms with Gasteiger partial charge in [-0.25, -0.2) is 0 Å². The molecule has 0 amide bonds. The van der Waals surface area contributed by atoms with Crippen molar-refractivity contribution in [2.45, 2.75) is 44.4 Å². The van der Waals surface area contributed by atoms with Crippen molar-refractivity contribution in [3.8, 4) is 11.8 Å². The van der Waals surface area contributed by atoms with Crippen molar-refractivity contribution >= 4 is 5.69 Å². The summed E-state index contributed by atoms with van der Waals surface area (Å²) in [5.74, 6) is 0.679. The maximum atomic E-state index is 10.8. The van der Waals surface area contributed by atoms with Gasteiger partial charge in [0.05, 0.1) is 17.3 Å². The molecule has 1 aromatic rings. The number of likely N-dealkylation sites (tertiary alicyclic amines) is 1. The first-order valence-electron chi connectivity index (χ1n) is 7.38. The molecule has 5 nitrogen and oxygen atoms in total. The van der Waals surface area contributed by atoms with Crippen LogP contribution in [0.3, 0.4) is 0 Å². The zero-order valence-corrected chi connectivity index (χ0v) is 12.5. The molecule has 0 aliphatic carbocycles. The fourth-order valence-corrected chi connectivity index (χ4v) is 3.34. The second kappa shape index (κ2) is 4.90. The van der Waals surface area contributed by atoms with Gasteiger partial charge in [-0.2, -0.15) is 5.26 Å². The van der Waals surface area contributed by atoms with Gasteiger partial charge >= 0.3 is 0 Å². The molecule has 0 spiro atoms. The van der Waals surface area contributed by atoms with E-state index >= 15 is 0 Å². The summed E-state index contributed by atoms with van der Waals surface area (Å²) in [5.41, 5.74) is 6.95. The van der Waals surface area contributed by atoms with Gasteiger partial charge in [-0.3, -0.25) is 4.90 Å². The first kappa shape index (κ1) is 14.2. The van der Waals surface area contributed by atoms with E-state index in [1.54, 1.807) is 12.1 Å². The van der Waals surface area contributed by atoms with E-state index in [4.69, 9.17) is 10.5 Å². The van der Waals surface area contributed by atoms with Gasteiger partial charge in [0.1, 0.15) is 23.5 Å². The minimum absolute atomic E-state index is 0.140. The zero-order valence-electron chi connectivity index (χ0n) is 12.5. The number of hydrogen-bond acceptors (Lipinski definition) is 5. The summed E-state index contributed by atoms with van der Waals surface area (Å²) < 4.78 is 5.94. The van der Waals surface area contributed by atoms with Crippen LogP contribution in [0.1, 0.15) is 43.9 Å². The minimum atomic E-state index is -0.680. The van der Waals surface area contributed by atoms with Crippen molar-refractivity contribution in [1.82, 2.24) is 4.90 Å². The van der Waals surface area contributed by atoms with Gasteiger partial charge in [0.2, 0.25) is 0 Å². The summed E-state index contributed by atoms with van der Waals surface area (Å²) >= 11 is 0. The van der Waals surface area contributed by atoms with Crippen LogP contribution in [0.25, 0.3) is 0 Å². The molecule has 0 aromatic heterocycles. The molecule has 0 bridgehead atoms.